The third-order valence-electron chi connectivity index (χ3n) is 4.63. The molecule has 1 saturated heterocycles. The van der Waals surface area contributed by atoms with Crippen LogP contribution in [0.1, 0.15) is 24.2 Å². The number of likely N-dealkylation sites (tertiary alicyclic amines) is 1. The van der Waals surface area contributed by atoms with Crippen molar-refractivity contribution in [2.24, 2.45) is 0 Å². The fourth-order valence-corrected chi connectivity index (χ4v) is 3.54. The van der Waals surface area contributed by atoms with E-state index in [1.54, 1.807) is 0 Å². The molecule has 0 atom stereocenters. The molecule has 1 N–H and O–H groups in total. The summed E-state index contributed by atoms with van der Waals surface area (Å²) in [5.41, 5.74) is 3.74. The van der Waals surface area contributed by atoms with Crippen molar-refractivity contribution in [3.05, 3.63) is 64.9 Å². The van der Waals surface area contributed by atoms with Gasteiger partial charge in [0.15, 0.2) is 11.0 Å². The van der Waals surface area contributed by atoms with E-state index in [1.807, 2.05) is 12.1 Å². The number of aromatic nitrogens is 2. The molecule has 23 heavy (non-hydrogen) atoms. The molecule has 2 aromatic carbocycles. The van der Waals surface area contributed by atoms with E-state index < -0.39 is 0 Å². The number of H-pyrrole nitrogens is 1. The summed E-state index contributed by atoms with van der Waals surface area (Å²) in [4.78, 5) is 6.15. The molecule has 4 heteroatoms. The lowest BCUT2D eigenvalue weighted by molar-refractivity contribution is -0.671. The van der Waals surface area contributed by atoms with Gasteiger partial charge in [-0.1, -0.05) is 35.9 Å². The average Bonchev–Trinajstić information content (AvgIpc) is 3.19. The Hall–Kier alpha value is -1.84. The lowest BCUT2D eigenvalue weighted by atomic mass is 10.2. The predicted octanol–water partition coefficient (Wildman–Crippen LogP) is 3.75. The highest BCUT2D eigenvalue weighted by molar-refractivity contribution is 6.30. The molecule has 0 radical (unpaired) electrons. The van der Waals surface area contributed by atoms with Gasteiger partial charge in [0.2, 0.25) is 0 Å². The van der Waals surface area contributed by atoms with Crippen LogP contribution in [0.25, 0.3) is 11.0 Å². The van der Waals surface area contributed by atoms with Crippen LogP contribution in [0, 0.1) is 0 Å². The highest BCUT2D eigenvalue weighted by atomic mass is 35.5. The summed E-state index contributed by atoms with van der Waals surface area (Å²) >= 11 is 6.01. The van der Waals surface area contributed by atoms with Crippen LogP contribution in [0.3, 0.4) is 0 Å². The fourth-order valence-electron chi connectivity index (χ4n) is 3.41. The third kappa shape index (κ3) is 3.12. The molecule has 0 unspecified atom stereocenters. The number of hydrogen-bond acceptors (Lipinski definition) is 1. The second kappa shape index (κ2) is 6.34. The number of nitrogens with zero attached hydrogens (tertiary/aromatic N) is 2. The predicted molar refractivity (Wildman–Crippen MR) is 93.6 cm³/mol. The Kier molecular flexibility index (Phi) is 4.06. The van der Waals surface area contributed by atoms with Crippen molar-refractivity contribution in [2.75, 3.05) is 13.1 Å². The van der Waals surface area contributed by atoms with E-state index in [9.17, 15) is 0 Å². The van der Waals surface area contributed by atoms with Crippen molar-refractivity contribution >= 4 is 22.6 Å². The van der Waals surface area contributed by atoms with Crippen molar-refractivity contribution in [3.63, 3.8) is 0 Å². The topological polar surface area (TPSA) is 22.9 Å². The smallest absolute Gasteiger partial charge is 0.269 e. The first-order valence-corrected chi connectivity index (χ1v) is 8.63. The van der Waals surface area contributed by atoms with Gasteiger partial charge in [-0.15, -0.1) is 0 Å². The quantitative estimate of drug-likeness (QED) is 0.725. The minimum absolute atomic E-state index is 0.787. The summed E-state index contributed by atoms with van der Waals surface area (Å²) in [6, 6.07) is 16.7. The average molecular weight is 327 g/mol. The number of imidazole rings is 1. The minimum atomic E-state index is 0.787. The Morgan fingerprint density at radius 3 is 2.52 bits per heavy atom. The van der Waals surface area contributed by atoms with Gasteiger partial charge in [-0.3, -0.25) is 4.90 Å². The van der Waals surface area contributed by atoms with Crippen LogP contribution in [-0.2, 0) is 13.1 Å². The second-order valence-electron chi connectivity index (χ2n) is 6.28. The standard InChI is InChI=1S/C19H20ClN3/c20-16-9-7-15(8-10-16)13-23-18-6-2-1-5-17(18)21-19(23)14-22-11-3-4-12-22/h1-2,5-10H,3-4,11-14H2/p+1. The Morgan fingerprint density at radius 2 is 1.74 bits per heavy atom. The number of halogens is 1. The maximum Gasteiger partial charge on any atom is 0.269 e. The monoisotopic (exact) mass is 326 g/mol. The molecule has 0 bridgehead atoms. The van der Waals surface area contributed by atoms with Crippen molar-refractivity contribution in [1.29, 1.82) is 0 Å². The van der Waals surface area contributed by atoms with E-state index in [1.165, 1.54) is 48.4 Å². The number of rotatable bonds is 4. The van der Waals surface area contributed by atoms with Gasteiger partial charge in [0.25, 0.3) is 5.82 Å². The molecular weight excluding hydrogens is 306 g/mol. The van der Waals surface area contributed by atoms with Crippen molar-refractivity contribution < 1.29 is 4.57 Å². The molecule has 2 heterocycles. The molecule has 0 spiro atoms. The van der Waals surface area contributed by atoms with Gasteiger partial charge in [0, 0.05) is 5.02 Å². The normalized spacial score (nSPS) is 15.5. The van der Waals surface area contributed by atoms with Crippen LogP contribution in [0.15, 0.2) is 48.5 Å². The second-order valence-corrected chi connectivity index (χ2v) is 6.72. The van der Waals surface area contributed by atoms with Gasteiger partial charge in [0.05, 0.1) is 0 Å². The number of aromatic amines is 1. The van der Waals surface area contributed by atoms with E-state index in [-0.39, 0.29) is 0 Å². The van der Waals surface area contributed by atoms with Gasteiger partial charge in [0.1, 0.15) is 13.1 Å². The molecule has 0 aliphatic carbocycles. The van der Waals surface area contributed by atoms with Crippen LogP contribution < -0.4 is 4.57 Å². The van der Waals surface area contributed by atoms with Gasteiger partial charge >= 0.3 is 0 Å². The number of benzene rings is 2. The lowest BCUT2D eigenvalue weighted by Crippen LogP contribution is -2.40. The molecular formula is C19H21ClN3+. The van der Waals surface area contributed by atoms with Crippen molar-refractivity contribution in [1.82, 2.24) is 9.88 Å². The van der Waals surface area contributed by atoms with Gasteiger partial charge in [-0.25, -0.2) is 9.55 Å². The first-order chi connectivity index (χ1) is 11.3. The van der Waals surface area contributed by atoms with Crippen molar-refractivity contribution in [3.8, 4) is 0 Å². The summed E-state index contributed by atoms with van der Waals surface area (Å²) in [6.45, 7) is 4.26. The zero-order valence-corrected chi connectivity index (χ0v) is 13.9. The van der Waals surface area contributed by atoms with Crippen LogP contribution >= 0.6 is 11.6 Å². The van der Waals surface area contributed by atoms with E-state index in [2.05, 4.69) is 50.8 Å². The number of fused-ring (bicyclic) bond motifs is 1. The minimum Gasteiger partial charge on any atom is -0.292 e. The molecule has 1 aliphatic rings. The maximum atomic E-state index is 6.01. The third-order valence-corrected chi connectivity index (χ3v) is 4.88. The zero-order valence-electron chi connectivity index (χ0n) is 13.1. The van der Waals surface area contributed by atoms with Gasteiger partial charge in [-0.05, 0) is 55.8 Å². The highest BCUT2D eigenvalue weighted by Gasteiger charge is 2.22. The molecule has 1 aromatic heterocycles. The number of hydrogen-bond donors (Lipinski definition) is 1. The molecule has 0 amide bonds. The van der Waals surface area contributed by atoms with Crippen LogP contribution in [0.2, 0.25) is 5.02 Å². The molecule has 3 aromatic rings. The summed E-state index contributed by atoms with van der Waals surface area (Å²) in [5, 5.41) is 0.787. The summed E-state index contributed by atoms with van der Waals surface area (Å²) in [7, 11) is 0. The Balaban J connectivity index is 1.71. The SMILES string of the molecule is Clc1ccc(C[n+]2c(CN3CCCC3)[nH]c3ccccc32)cc1. The Morgan fingerprint density at radius 1 is 1.00 bits per heavy atom. The van der Waals surface area contributed by atoms with E-state index >= 15 is 0 Å². The van der Waals surface area contributed by atoms with Crippen molar-refractivity contribution in [2.45, 2.75) is 25.9 Å². The molecule has 118 valence electrons. The summed E-state index contributed by atoms with van der Waals surface area (Å²) in [5.74, 6) is 1.28. The first-order valence-electron chi connectivity index (χ1n) is 8.26. The molecule has 4 rings (SSSR count). The maximum absolute atomic E-state index is 6.01. The van der Waals surface area contributed by atoms with Crippen LogP contribution in [-0.4, -0.2) is 23.0 Å². The van der Waals surface area contributed by atoms with E-state index in [4.69, 9.17) is 11.6 Å². The first kappa shape index (κ1) is 14.7. The van der Waals surface area contributed by atoms with E-state index in [0.29, 0.717) is 0 Å². The Bertz CT molecular complexity index is 801. The van der Waals surface area contributed by atoms with Gasteiger partial charge < -0.3 is 0 Å². The lowest BCUT2D eigenvalue weighted by Gasteiger charge is -2.12. The molecule has 3 nitrogen and oxygen atoms in total. The van der Waals surface area contributed by atoms with E-state index in [0.717, 1.165) is 18.1 Å². The number of para-hydroxylation sites is 2. The molecule has 1 fully saturated rings. The molecule has 0 saturated carbocycles. The summed E-state index contributed by atoms with van der Waals surface area (Å²) < 4.78 is 2.40. The highest BCUT2D eigenvalue weighted by Crippen LogP contribution is 2.16. The van der Waals surface area contributed by atoms with Crippen LogP contribution in [0.5, 0.6) is 0 Å². The Labute approximate surface area is 141 Å². The fraction of sp³-hybridized carbons (Fsp3) is 0.316. The summed E-state index contributed by atoms with van der Waals surface area (Å²) in [6.07, 6.45) is 2.63. The zero-order chi connectivity index (χ0) is 15.6. The van der Waals surface area contributed by atoms with Gasteiger partial charge in [-0.2, -0.15) is 0 Å². The number of nitrogens with one attached hydrogen (secondary N) is 1. The van der Waals surface area contributed by atoms with Crippen LogP contribution in [0.4, 0.5) is 0 Å². The molecule has 1 aliphatic heterocycles. The largest absolute Gasteiger partial charge is 0.292 e.